The molecule has 7 rings (SSSR count). The maximum Gasteiger partial charge on any atom is 0.282 e. The van der Waals surface area contributed by atoms with Crippen molar-refractivity contribution in [3.05, 3.63) is 147 Å². The van der Waals surface area contributed by atoms with Gasteiger partial charge >= 0.3 is 0 Å². The number of nitrogens with zero attached hydrogens (tertiary/aromatic N) is 5. The monoisotopic (exact) mass is 611 g/mol. The third-order valence-corrected chi connectivity index (χ3v) is 8.58. The fraction of sp³-hybridized carbons (Fsp3) is 0.0571. The summed E-state index contributed by atoms with van der Waals surface area (Å²) in [5.41, 5.74) is 4.84. The van der Waals surface area contributed by atoms with Gasteiger partial charge < -0.3 is 8.98 Å². The van der Waals surface area contributed by atoms with Gasteiger partial charge in [-0.2, -0.15) is 9.78 Å². The Kier molecular flexibility index (Phi) is 7.11. The van der Waals surface area contributed by atoms with Crippen LogP contribution >= 0.6 is 11.8 Å². The van der Waals surface area contributed by atoms with Gasteiger partial charge in [0.15, 0.2) is 5.76 Å². The Hall–Kier alpha value is -5.74. The van der Waals surface area contributed by atoms with Crippen LogP contribution in [0.2, 0.25) is 0 Å². The highest BCUT2D eigenvalue weighted by atomic mass is 32.2. The minimum absolute atomic E-state index is 0.0695. The molecule has 0 atom stereocenters. The molecule has 9 nitrogen and oxygen atoms in total. The molecule has 0 saturated heterocycles. The zero-order chi connectivity index (χ0) is 31.1. The Morgan fingerprint density at radius 1 is 0.889 bits per heavy atom. The van der Waals surface area contributed by atoms with Crippen molar-refractivity contribution in [2.45, 2.75) is 23.6 Å². The standard InChI is InChI=1S/C35H25N5O4S/c1-22-19-25(23(2)38(22)26-11-15-28(16-12-26)45-29-17-13-27(14-18-29)40(42)43)21-36-39-34(33-20-24-7-3-6-10-32(24)44-33)37-31-9-5-4-8-30(31)35(39)41/h3-21H,1-2H3. The number of para-hydroxylation sites is 2. The van der Waals surface area contributed by atoms with E-state index in [1.165, 1.54) is 28.6 Å². The predicted molar refractivity (Wildman–Crippen MR) is 177 cm³/mol. The summed E-state index contributed by atoms with van der Waals surface area (Å²) >= 11 is 1.53. The molecule has 3 heterocycles. The van der Waals surface area contributed by atoms with Gasteiger partial charge in [-0.15, -0.1) is 0 Å². The summed E-state index contributed by atoms with van der Waals surface area (Å²) in [5.74, 6) is 0.773. The molecule has 0 fully saturated rings. The van der Waals surface area contributed by atoms with E-state index in [0.29, 0.717) is 28.1 Å². The summed E-state index contributed by atoms with van der Waals surface area (Å²) in [4.78, 5) is 30.9. The summed E-state index contributed by atoms with van der Waals surface area (Å²) in [6, 6.07) is 33.4. The van der Waals surface area contributed by atoms with E-state index in [1.54, 1.807) is 30.5 Å². The van der Waals surface area contributed by atoms with E-state index in [-0.39, 0.29) is 11.2 Å². The molecule has 0 aliphatic carbocycles. The fourth-order valence-electron chi connectivity index (χ4n) is 5.35. The van der Waals surface area contributed by atoms with Crippen LogP contribution in [0, 0.1) is 24.0 Å². The van der Waals surface area contributed by atoms with Crippen LogP contribution < -0.4 is 5.56 Å². The summed E-state index contributed by atoms with van der Waals surface area (Å²) in [6.45, 7) is 4.03. The average molecular weight is 612 g/mol. The lowest BCUT2D eigenvalue weighted by Gasteiger charge is -2.11. The lowest BCUT2D eigenvalue weighted by Crippen LogP contribution is -2.20. The SMILES string of the molecule is Cc1cc(C=Nn2c(-c3cc4ccccc4o3)nc3ccccc3c2=O)c(C)n1-c1ccc(Sc2ccc([N+](=O)[O-])cc2)cc1. The minimum atomic E-state index is -0.402. The molecule has 0 amide bonds. The number of nitro benzene ring substituents is 1. The van der Waals surface area contributed by atoms with E-state index in [2.05, 4.69) is 9.67 Å². The van der Waals surface area contributed by atoms with Crippen LogP contribution in [0.4, 0.5) is 5.69 Å². The molecule has 0 bridgehead atoms. The zero-order valence-electron chi connectivity index (χ0n) is 24.2. The van der Waals surface area contributed by atoms with Crippen molar-refractivity contribution in [2.75, 3.05) is 0 Å². The van der Waals surface area contributed by atoms with E-state index < -0.39 is 4.92 Å². The first-order valence-electron chi connectivity index (χ1n) is 14.1. The molecule has 0 unspecified atom stereocenters. The highest BCUT2D eigenvalue weighted by Gasteiger charge is 2.17. The molecule has 0 N–H and O–H groups in total. The van der Waals surface area contributed by atoms with E-state index >= 15 is 0 Å². The zero-order valence-corrected chi connectivity index (χ0v) is 25.1. The molecular weight excluding hydrogens is 586 g/mol. The third kappa shape index (κ3) is 5.32. The van der Waals surface area contributed by atoms with Crippen molar-refractivity contribution in [1.82, 2.24) is 14.2 Å². The Bertz CT molecular complexity index is 2280. The summed E-state index contributed by atoms with van der Waals surface area (Å²) < 4.78 is 9.52. The molecule has 4 aromatic carbocycles. The van der Waals surface area contributed by atoms with Crippen LogP contribution in [0.5, 0.6) is 0 Å². The summed E-state index contributed by atoms with van der Waals surface area (Å²) in [6.07, 6.45) is 1.68. The van der Waals surface area contributed by atoms with Crippen molar-refractivity contribution in [2.24, 2.45) is 5.10 Å². The Labute approximate surface area is 261 Å². The van der Waals surface area contributed by atoms with Crippen molar-refractivity contribution in [3.8, 4) is 17.3 Å². The number of furan rings is 1. The first-order valence-corrected chi connectivity index (χ1v) is 14.9. The number of rotatable bonds is 7. The van der Waals surface area contributed by atoms with Crippen molar-refractivity contribution in [3.63, 3.8) is 0 Å². The maximum atomic E-state index is 13.7. The van der Waals surface area contributed by atoms with E-state index in [9.17, 15) is 14.9 Å². The second kappa shape index (κ2) is 11.4. The number of aromatic nitrogens is 3. The molecule has 0 aliphatic heterocycles. The van der Waals surface area contributed by atoms with Crippen molar-refractivity contribution >= 4 is 45.5 Å². The highest BCUT2D eigenvalue weighted by molar-refractivity contribution is 7.99. The van der Waals surface area contributed by atoms with Crippen LogP contribution in [0.1, 0.15) is 17.0 Å². The van der Waals surface area contributed by atoms with Gasteiger partial charge in [-0.25, -0.2) is 4.98 Å². The number of nitro groups is 1. The van der Waals surface area contributed by atoms with E-state index in [4.69, 9.17) is 9.40 Å². The number of non-ortho nitro benzene ring substituents is 1. The number of benzene rings is 4. The van der Waals surface area contributed by atoms with Gasteiger partial charge in [0.25, 0.3) is 11.2 Å². The normalized spacial score (nSPS) is 11.6. The molecule has 220 valence electrons. The number of hydrogen-bond donors (Lipinski definition) is 0. The van der Waals surface area contributed by atoms with Crippen molar-refractivity contribution < 1.29 is 9.34 Å². The molecule has 3 aromatic heterocycles. The smallest absolute Gasteiger partial charge is 0.282 e. The molecule has 0 aliphatic rings. The lowest BCUT2D eigenvalue weighted by atomic mass is 10.2. The second-order valence-corrected chi connectivity index (χ2v) is 11.6. The minimum Gasteiger partial charge on any atom is -0.453 e. The Morgan fingerprint density at radius 2 is 1.58 bits per heavy atom. The largest absolute Gasteiger partial charge is 0.453 e. The van der Waals surface area contributed by atoms with Gasteiger partial charge in [-0.1, -0.05) is 42.1 Å². The van der Waals surface area contributed by atoms with Gasteiger partial charge in [0.1, 0.15) is 5.58 Å². The van der Waals surface area contributed by atoms with Gasteiger partial charge in [0.05, 0.1) is 22.0 Å². The first kappa shape index (κ1) is 28.1. The summed E-state index contributed by atoms with van der Waals surface area (Å²) in [5, 5.41) is 17.0. The number of hydrogen-bond acceptors (Lipinski definition) is 7. The Morgan fingerprint density at radius 3 is 2.31 bits per heavy atom. The first-order chi connectivity index (χ1) is 21.9. The van der Waals surface area contributed by atoms with Gasteiger partial charge in [0, 0.05) is 49.9 Å². The van der Waals surface area contributed by atoms with Crippen LogP contribution in [0.25, 0.3) is 39.1 Å². The molecule has 45 heavy (non-hydrogen) atoms. The van der Waals surface area contributed by atoms with Gasteiger partial charge in [0.2, 0.25) is 5.82 Å². The van der Waals surface area contributed by atoms with Gasteiger partial charge in [-0.05, 0) is 80.6 Å². The van der Waals surface area contributed by atoms with E-state index in [1.807, 2.05) is 86.6 Å². The predicted octanol–water partition coefficient (Wildman–Crippen LogP) is 8.16. The van der Waals surface area contributed by atoms with Crippen LogP contribution in [0.3, 0.4) is 0 Å². The third-order valence-electron chi connectivity index (χ3n) is 7.56. The van der Waals surface area contributed by atoms with Gasteiger partial charge in [-0.3, -0.25) is 14.9 Å². The molecule has 7 aromatic rings. The van der Waals surface area contributed by atoms with E-state index in [0.717, 1.165) is 37.8 Å². The molecule has 0 radical (unpaired) electrons. The topological polar surface area (TPSA) is 108 Å². The average Bonchev–Trinajstić information content (AvgIpc) is 3.61. The molecular formula is C35H25N5O4S. The molecule has 0 saturated carbocycles. The number of aryl methyl sites for hydroxylation is 1. The number of fused-ring (bicyclic) bond motifs is 2. The van der Waals surface area contributed by atoms with Crippen LogP contribution in [0.15, 0.2) is 133 Å². The Balaban J connectivity index is 1.22. The highest BCUT2D eigenvalue weighted by Crippen LogP contribution is 2.31. The fourth-order valence-corrected chi connectivity index (χ4v) is 6.17. The maximum absolute atomic E-state index is 13.7. The van der Waals surface area contributed by atoms with Crippen LogP contribution in [-0.4, -0.2) is 25.4 Å². The summed E-state index contributed by atoms with van der Waals surface area (Å²) in [7, 11) is 0. The second-order valence-electron chi connectivity index (χ2n) is 10.5. The van der Waals surface area contributed by atoms with Crippen molar-refractivity contribution in [1.29, 1.82) is 0 Å². The van der Waals surface area contributed by atoms with Crippen LogP contribution in [-0.2, 0) is 0 Å². The lowest BCUT2D eigenvalue weighted by molar-refractivity contribution is -0.384. The quantitative estimate of drug-likeness (QED) is 0.102. The molecule has 0 spiro atoms. The molecule has 10 heteroatoms.